The van der Waals surface area contributed by atoms with Gasteiger partial charge in [-0.2, -0.15) is 0 Å². The second-order valence-corrected chi connectivity index (χ2v) is 5.31. The zero-order valence-electron chi connectivity index (χ0n) is 10.6. The molecule has 2 nitrogen and oxygen atoms in total. The molecule has 2 rings (SSSR count). The van der Waals surface area contributed by atoms with Crippen LogP contribution in [0, 0.1) is 5.82 Å². The van der Waals surface area contributed by atoms with E-state index < -0.39 is 0 Å². The second-order valence-electron chi connectivity index (χ2n) is 4.60. The molecule has 1 aromatic heterocycles. The van der Waals surface area contributed by atoms with Gasteiger partial charge in [0.25, 0.3) is 0 Å². The van der Waals surface area contributed by atoms with Crippen molar-refractivity contribution in [1.29, 1.82) is 0 Å². The Labute approximate surface area is 121 Å². The Morgan fingerprint density at radius 3 is 2.32 bits per heavy atom. The molecule has 0 N–H and O–H groups in total. The standard InChI is InChI=1S/C14H13Cl2FN2/c1-8(2)12-13(15)18-11(19-14(12)16)7-9-4-3-5-10(17)6-9/h3-6,8H,7H2,1-2H3. The average Bonchev–Trinajstić information content (AvgIpc) is 2.27. The highest BCUT2D eigenvalue weighted by molar-refractivity contribution is 6.34. The van der Waals surface area contributed by atoms with Crippen molar-refractivity contribution in [2.75, 3.05) is 0 Å². The quantitative estimate of drug-likeness (QED) is 0.772. The number of hydrogen-bond donors (Lipinski definition) is 0. The number of nitrogens with zero attached hydrogens (tertiary/aromatic N) is 2. The molecule has 2 aromatic rings. The summed E-state index contributed by atoms with van der Waals surface area (Å²) in [5.41, 5.74) is 1.52. The van der Waals surface area contributed by atoms with Crippen molar-refractivity contribution in [3.05, 3.63) is 57.3 Å². The van der Waals surface area contributed by atoms with Crippen LogP contribution in [0.2, 0.25) is 10.3 Å². The fourth-order valence-corrected chi connectivity index (χ4v) is 2.70. The highest BCUT2D eigenvalue weighted by atomic mass is 35.5. The van der Waals surface area contributed by atoms with E-state index in [1.807, 2.05) is 19.9 Å². The summed E-state index contributed by atoms with van der Waals surface area (Å²) in [6, 6.07) is 6.30. The molecule has 0 amide bonds. The van der Waals surface area contributed by atoms with E-state index in [1.165, 1.54) is 12.1 Å². The maximum Gasteiger partial charge on any atom is 0.137 e. The Morgan fingerprint density at radius 2 is 1.79 bits per heavy atom. The normalized spacial score (nSPS) is 11.1. The first-order valence-electron chi connectivity index (χ1n) is 5.93. The minimum atomic E-state index is -0.284. The van der Waals surface area contributed by atoms with Gasteiger partial charge in [-0.3, -0.25) is 0 Å². The van der Waals surface area contributed by atoms with Gasteiger partial charge in [0.15, 0.2) is 0 Å². The predicted molar refractivity (Wildman–Crippen MR) is 75.3 cm³/mol. The minimum Gasteiger partial charge on any atom is -0.220 e. The molecular weight excluding hydrogens is 286 g/mol. The molecule has 19 heavy (non-hydrogen) atoms. The highest BCUT2D eigenvalue weighted by Gasteiger charge is 2.14. The Balaban J connectivity index is 2.32. The van der Waals surface area contributed by atoms with Crippen LogP contribution in [0.15, 0.2) is 24.3 Å². The van der Waals surface area contributed by atoms with Gasteiger partial charge in [-0.25, -0.2) is 14.4 Å². The average molecular weight is 299 g/mol. The third kappa shape index (κ3) is 3.43. The molecule has 0 spiro atoms. The molecule has 0 unspecified atom stereocenters. The van der Waals surface area contributed by atoms with Crippen molar-refractivity contribution in [2.24, 2.45) is 0 Å². The van der Waals surface area contributed by atoms with Crippen molar-refractivity contribution >= 4 is 23.2 Å². The molecule has 0 aliphatic rings. The van der Waals surface area contributed by atoms with Gasteiger partial charge in [-0.1, -0.05) is 49.2 Å². The predicted octanol–water partition coefficient (Wildman–Crippen LogP) is 4.64. The van der Waals surface area contributed by atoms with E-state index >= 15 is 0 Å². The van der Waals surface area contributed by atoms with E-state index in [-0.39, 0.29) is 11.7 Å². The van der Waals surface area contributed by atoms with Crippen molar-refractivity contribution in [1.82, 2.24) is 9.97 Å². The summed E-state index contributed by atoms with van der Waals surface area (Å²) in [5.74, 6) is 0.363. The summed E-state index contributed by atoms with van der Waals surface area (Å²) in [7, 11) is 0. The Morgan fingerprint density at radius 1 is 1.16 bits per heavy atom. The lowest BCUT2D eigenvalue weighted by atomic mass is 10.1. The summed E-state index contributed by atoms with van der Waals surface area (Å²) in [5, 5.41) is 0.725. The Kier molecular flexibility index (Phi) is 4.38. The maximum atomic E-state index is 13.1. The van der Waals surface area contributed by atoms with Gasteiger partial charge in [-0.15, -0.1) is 0 Å². The monoisotopic (exact) mass is 298 g/mol. The molecule has 0 radical (unpaired) electrons. The minimum absolute atomic E-state index is 0.156. The van der Waals surface area contributed by atoms with Gasteiger partial charge < -0.3 is 0 Å². The topological polar surface area (TPSA) is 25.8 Å². The van der Waals surface area contributed by atoms with E-state index in [0.29, 0.717) is 22.6 Å². The Hall–Kier alpha value is -1.19. The van der Waals surface area contributed by atoms with Gasteiger partial charge in [0.05, 0.1) is 0 Å². The van der Waals surface area contributed by atoms with Crippen molar-refractivity contribution in [3.8, 4) is 0 Å². The summed E-state index contributed by atoms with van der Waals surface area (Å²) in [6.07, 6.45) is 0.398. The second kappa shape index (κ2) is 5.85. The molecule has 0 saturated carbocycles. The van der Waals surface area contributed by atoms with E-state index in [0.717, 1.165) is 11.1 Å². The molecule has 0 aliphatic carbocycles. The van der Waals surface area contributed by atoms with Crippen LogP contribution in [0.1, 0.15) is 36.7 Å². The number of aromatic nitrogens is 2. The summed E-state index contributed by atoms with van der Waals surface area (Å²) >= 11 is 12.2. The van der Waals surface area contributed by atoms with E-state index in [9.17, 15) is 4.39 Å². The largest absolute Gasteiger partial charge is 0.220 e. The van der Waals surface area contributed by atoms with Crippen LogP contribution in [0.5, 0.6) is 0 Å². The van der Waals surface area contributed by atoms with Crippen LogP contribution < -0.4 is 0 Å². The molecule has 0 saturated heterocycles. The SMILES string of the molecule is CC(C)c1c(Cl)nc(Cc2cccc(F)c2)nc1Cl. The van der Waals surface area contributed by atoms with E-state index in [2.05, 4.69) is 9.97 Å². The Bertz CT molecular complexity index is 577. The molecule has 0 atom stereocenters. The van der Waals surface area contributed by atoms with Gasteiger partial charge >= 0.3 is 0 Å². The smallest absolute Gasteiger partial charge is 0.137 e. The van der Waals surface area contributed by atoms with Crippen molar-refractivity contribution in [3.63, 3.8) is 0 Å². The number of halogens is 3. The van der Waals surface area contributed by atoms with E-state index in [1.54, 1.807) is 6.07 Å². The molecule has 1 aromatic carbocycles. The molecule has 0 fully saturated rings. The third-order valence-corrected chi connectivity index (χ3v) is 3.30. The number of benzene rings is 1. The first-order chi connectivity index (χ1) is 8.97. The van der Waals surface area contributed by atoms with Crippen LogP contribution in [0.4, 0.5) is 4.39 Å². The molecule has 0 aliphatic heterocycles. The summed E-state index contributed by atoms with van der Waals surface area (Å²) in [4.78, 5) is 8.46. The van der Waals surface area contributed by atoms with Crippen LogP contribution in [-0.2, 0) is 6.42 Å². The van der Waals surface area contributed by atoms with Crippen LogP contribution in [-0.4, -0.2) is 9.97 Å². The molecule has 5 heteroatoms. The molecule has 1 heterocycles. The molecule has 0 bridgehead atoms. The third-order valence-electron chi connectivity index (χ3n) is 2.73. The zero-order chi connectivity index (χ0) is 14.0. The van der Waals surface area contributed by atoms with Crippen molar-refractivity contribution < 1.29 is 4.39 Å². The van der Waals surface area contributed by atoms with E-state index in [4.69, 9.17) is 23.2 Å². The first kappa shape index (κ1) is 14.2. The lowest BCUT2D eigenvalue weighted by molar-refractivity contribution is 0.625. The molecular formula is C14H13Cl2FN2. The van der Waals surface area contributed by atoms with Gasteiger partial charge in [-0.05, 0) is 23.6 Å². The van der Waals surface area contributed by atoms with Crippen molar-refractivity contribution in [2.45, 2.75) is 26.2 Å². The van der Waals surface area contributed by atoms with Gasteiger partial charge in [0.2, 0.25) is 0 Å². The maximum absolute atomic E-state index is 13.1. The fourth-order valence-electron chi connectivity index (χ4n) is 1.84. The lowest BCUT2D eigenvalue weighted by Gasteiger charge is -2.11. The molecule has 100 valence electrons. The van der Waals surface area contributed by atoms with Gasteiger partial charge in [0.1, 0.15) is 21.9 Å². The van der Waals surface area contributed by atoms with Crippen LogP contribution >= 0.6 is 23.2 Å². The fraction of sp³-hybridized carbons (Fsp3) is 0.286. The summed E-state index contributed by atoms with van der Waals surface area (Å²) in [6.45, 7) is 3.95. The lowest BCUT2D eigenvalue weighted by Crippen LogP contribution is -2.03. The first-order valence-corrected chi connectivity index (χ1v) is 6.69. The van der Waals surface area contributed by atoms with Crippen LogP contribution in [0.25, 0.3) is 0 Å². The summed E-state index contributed by atoms with van der Waals surface area (Å²) < 4.78 is 13.1. The number of hydrogen-bond acceptors (Lipinski definition) is 2. The number of rotatable bonds is 3. The van der Waals surface area contributed by atoms with Gasteiger partial charge in [0, 0.05) is 12.0 Å². The van der Waals surface area contributed by atoms with Crippen LogP contribution in [0.3, 0.4) is 0 Å². The zero-order valence-corrected chi connectivity index (χ0v) is 12.1. The highest BCUT2D eigenvalue weighted by Crippen LogP contribution is 2.29.